The molecule has 214 valence electrons. The smallest absolute Gasteiger partial charge is 0.259 e. The predicted octanol–water partition coefficient (Wildman–Crippen LogP) is 4.58. The molecule has 0 spiro atoms. The lowest BCUT2D eigenvalue weighted by molar-refractivity contribution is -0.118. The van der Waals surface area contributed by atoms with Gasteiger partial charge in [0.05, 0.1) is 24.9 Å². The molecule has 1 aliphatic rings. The number of rotatable bonds is 8. The molecule has 3 aromatic carbocycles. The minimum atomic E-state index is -1.52. The maximum Gasteiger partial charge on any atom is 0.259 e. The highest BCUT2D eigenvalue weighted by atomic mass is 19.1. The molecule has 42 heavy (non-hydrogen) atoms. The van der Waals surface area contributed by atoms with E-state index in [9.17, 15) is 33.0 Å². The van der Waals surface area contributed by atoms with Gasteiger partial charge in [0.25, 0.3) is 11.8 Å². The summed E-state index contributed by atoms with van der Waals surface area (Å²) in [5, 5.41) is 24.9. The van der Waals surface area contributed by atoms with Crippen LogP contribution < -0.4 is 10.6 Å². The van der Waals surface area contributed by atoms with Gasteiger partial charge in [-0.2, -0.15) is 0 Å². The number of pyridine rings is 1. The number of carbonyl (C=O) groups excluding carboxylic acids is 2. The highest BCUT2D eigenvalue weighted by Crippen LogP contribution is 2.39. The molecule has 1 aromatic heterocycles. The summed E-state index contributed by atoms with van der Waals surface area (Å²) in [7, 11) is 0. The maximum atomic E-state index is 14.9. The predicted molar refractivity (Wildman–Crippen MR) is 151 cm³/mol. The summed E-state index contributed by atoms with van der Waals surface area (Å²) >= 11 is 0. The number of hydrogen-bond acceptors (Lipinski definition) is 6. The first-order chi connectivity index (χ1) is 20.2. The topological polar surface area (TPSA) is 124 Å². The average Bonchev–Trinajstić information content (AvgIpc) is 2.97. The first-order valence-electron chi connectivity index (χ1n) is 12.9. The van der Waals surface area contributed by atoms with E-state index in [0.717, 1.165) is 12.1 Å². The SMILES string of the molecule is Cc1ccc(C(=O)Nc2ccc(F)cc2)cc1-c1cc(NC(CO)CO)nc2c1C=NC(=O)C2c1c(F)cccc1F. The number of fused-ring (bicyclic) bond motifs is 1. The standard InChI is InChI=1S/C31H25F3N4O4/c1-16-5-6-17(30(41)37-19-9-7-18(32)8-10-19)11-21(16)22-12-26(36-20(14-39)15-40)38-29-23(22)13-35-31(42)28(29)27-24(33)3-2-4-25(27)34/h2-13,20,28,39-40H,14-15H2,1H3,(H,36,38)(H,37,41). The van der Waals surface area contributed by atoms with Gasteiger partial charge in [0, 0.05) is 28.6 Å². The summed E-state index contributed by atoms with van der Waals surface area (Å²) in [6.45, 7) is 0.892. The number of aryl methyl sites for hydroxylation is 1. The molecule has 8 nitrogen and oxygen atoms in total. The Labute approximate surface area is 238 Å². The number of anilines is 2. The van der Waals surface area contributed by atoms with Crippen LogP contribution >= 0.6 is 0 Å². The molecule has 11 heteroatoms. The average molecular weight is 575 g/mol. The number of amides is 2. The van der Waals surface area contributed by atoms with Gasteiger partial charge >= 0.3 is 0 Å². The third-order valence-corrected chi connectivity index (χ3v) is 6.90. The maximum absolute atomic E-state index is 14.9. The third-order valence-electron chi connectivity index (χ3n) is 6.90. The van der Waals surface area contributed by atoms with Crippen molar-refractivity contribution in [3.05, 3.63) is 112 Å². The summed E-state index contributed by atoms with van der Waals surface area (Å²) in [4.78, 5) is 34.5. The molecule has 2 amide bonds. The number of carbonyl (C=O) groups is 2. The van der Waals surface area contributed by atoms with Crippen LogP contribution in [-0.4, -0.2) is 52.5 Å². The number of halogens is 3. The lowest BCUT2D eigenvalue weighted by Crippen LogP contribution is -2.29. The molecule has 1 atom stereocenters. The minimum Gasteiger partial charge on any atom is -0.394 e. The Morgan fingerprint density at radius 2 is 1.64 bits per heavy atom. The molecule has 0 fully saturated rings. The zero-order chi connectivity index (χ0) is 30.0. The normalized spacial score (nSPS) is 14.2. The van der Waals surface area contributed by atoms with Crippen molar-refractivity contribution in [3.8, 4) is 11.1 Å². The van der Waals surface area contributed by atoms with Crippen LogP contribution in [0.2, 0.25) is 0 Å². The third kappa shape index (κ3) is 5.65. The molecule has 1 aliphatic heterocycles. The van der Waals surface area contributed by atoms with Crippen LogP contribution in [0.25, 0.3) is 11.1 Å². The Bertz CT molecular complexity index is 1690. The van der Waals surface area contributed by atoms with Gasteiger partial charge in [-0.15, -0.1) is 0 Å². The molecular formula is C31H25F3N4O4. The first-order valence-corrected chi connectivity index (χ1v) is 12.9. The molecule has 0 aliphatic carbocycles. The van der Waals surface area contributed by atoms with Gasteiger partial charge in [0.1, 0.15) is 29.2 Å². The summed E-state index contributed by atoms with van der Waals surface area (Å²) in [6, 6.07) is 14.2. The Balaban J connectivity index is 1.67. The molecule has 5 rings (SSSR count). The molecule has 0 radical (unpaired) electrons. The first kappa shape index (κ1) is 28.7. The number of nitrogens with zero attached hydrogens (tertiary/aromatic N) is 2. The van der Waals surface area contributed by atoms with Gasteiger partial charge in [-0.1, -0.05) is 12.1 Å². The summed E-state index contributed by atoms with van der Waals surface area (Å²) < 4.78 is 43.2. The van der Waals surface area contributed by atoms with Crippen LogP contribution in [0.4, 0.5) is 24.7 Å². The van der Waals surface area contributed by atoms with E-state index in [0.29, 0.717) is 27.9 Å². The lowest BCUT2D eigenvalue weighted by atomic mass is 9.85. The largest absolute Gasteiger partial charge is 0.394 e. The second-order valence-corrected chi connectivity index (χ2v) is 9.72. The van der Waals surface area contributed by atoms with E-state index in [-0.39, 0.29) is 17.1 Å². The number of aliphatic hydroxyl groups is 2. The molecule has 0 saturated carbocycles. The van der Waals surface area contributed by atoms with Crippen molar-refractivity contribution in [2.75, 3.05) is 23.8 Å². The van der Waals surface area contributed by atoms with Gasteiger partial charge in [0.2, 0.25) is 0 Å². The van der Waals surface area contributed by atoms with E-state index >= 15 is 0 Å². The number of aliphatic hydroxyl groups excluding tert-OH is 2. The molecule has 0 saturated heterocycles. The fourth-order valence-corrected chi connectivity index (χ4v) is 4.74. The second-order valence-electron chi connectivity index (χ2n) is 9.72. The number of aliphatic imine (C=N–C) groups is 1. The zero-order valence-electron chi connectivity index (χ0n) is 22.2. The van der Waals surface area contributed by atoms with Gasteiger partial charge in [-0.25, -0.2) is 23.1 Å². The monoisotopic (exact) mass is 574 g/mol. The fraction of sp³-hybridized carbons (Fsp3) is 0.161. The fourth-order valence-electron chi connectivity index (χ4n) is 4.74. The van der Waals surface area contributed by atoms with Crippen LogP contribution in [0.15, 0.2) is 71.7 Å². The molecule has 2 heterocycles. The van der Waals surface area contributed by atoms with Crippen LogP contribution in [0.1, 0.15) is 38.7 Å². The zero-order valence-corrected chi connectivity index (χ0v) is 22.2. The summed E-state index contributed by atoms with van der Waals surface area (Å²) in [5.41, 5.74) is 2.12. The van der Waals surface area contributed by atoms with E-state index in [1.165, 1.54) is 36.5 Å². The minimum absolute atomic E-state index is 0.00852. The van der Waals surface area contributed by atoms with Gasteiger partial charge in [-0.05, 0) is 78.2 Å². The van der Waals surface area contributed by atoms with Crippen LogP contribution in [0, 0.1) is 24.4 Å². The molecular weight excluding hydrogens is 549 g/mol. The van der Waals surface area contributed by atoms with Crippen molar-refractivity contribution < 1.29 is 33.0 Å². The number of hydrogen-bond donors (Lipinski definition) is 4. The van der Waals surface area contributed by atoms with Crippen LogP contribution in [0.3, 0.4) is 0 Å². The summed E-state index contributed by atoms with van der Waals surface area (Å²) in [6.07, 6.45) is 1.26. The Hall–Kier alpha value is -4.87. The second kappa shape index (κ2) is 11.9. The van der Waals surface area contributed by atoms with Crippen molar-refractivity contribution in [2.24, 2.45) is 4.99 Å². The van der Waals surface area contributed by atoms with Crippen LogP contribution in [0.5, 0.6) is 0 Å². The van der Waals surface area contributed by atoms with E-state index in [1.807, 2.05) is 0 Å². The number of benzene rings is 3. The quantitative estimate of drug-likeness (QED) is 0.244. The van der Waals surface area contributed by atoms with Gasteiger partial charge < -0.3 is 20.8 Å². The van der Waals surface area contributed by atoms with Gasteiger partial charge in [-0.3, -0.25) is 9.59 Å². The van der Waals surface area contributed by atoms with Crippen molar-refractivity contribution in [3.63, 3.8) is 0 Å². The lowest BCUT2D eigenvalue weighted by Gasteiger charge is -2.25. The number of nitrogens with one attached hydrogen (secondary N) is 2. The molecule has 1 unspecified atom stereocenters. The number of aromatic nitrogens is 1. The van der Waals surface area contributed by atoms with Crippen molar-refractivity contribution in [1.82, 2.24) is 4.98 Å². The Morgan fingerprint density at radius 1 is 0.952 bits per heavy atom. The van der Waals surface area contributed by atoms with Crippen LogP contribution in [-0.2, 0) is 4.79 Å². The summed E-state index contributed by atoms with van der Waals surface area (Å²) in [5.74, 6) is -5.04. The van der Waals surface area contributed by atoms with Crippen molar-refractivity contribution in [1.29, 1.82) is 0 Å². The van der Waals surface area contributed by atoms with E-state index in [2.05, 4.69) is 20.6 Å². The van der Waals surface area contributed by atoms with Crippen molar-refractivity contribution >= 4 is 29.5 Å². The molecule has 0 bridgehead atoms. The van der Waals surface area contributed by atoms with E-state index in [4.69, 9.17) is 0 Å². The highest BCUT2D eigenvalue weighted by Gasteiger charge is 2.35. The molecule has 4 N–H and O–H groups in total. The Kier molecular flexibility index (Phi) is 8.14. The van der Waals surface area contributed by atoms with Crippen molar-refractivity contribution in [2.45, 2.75) is 18.9 Å². The highest BCUT2D eigenvalue weighted by molar-refractivity contribution is 6.08. The van der Waals surface area contributed by atoms with E-state index < -0.39 is 60.0 Å². The Morgan fingerprint density at radius 3 is 2.31 bits per heavy atom. The van der Waals surface area contributed by atoms with Gasteiger partial charge in [0.15, 0.2) is 0 Å². The van der Waals surface area contributed by atoms with E-state index in [1.54, 1.807) is 31.2 Å². The molecule has 4 aromatic rings.